The summed E-state index contributed by atoms with van der Waals surface area (Å²) in [5.74, 6) is 0.730. The van der Waals surface area contributed by atoms with Gasteiger partial charge in [0, 0.05) is 47.9 Å². The minimum Gasteiger partial charge on any atom is -0.497 e. The van der Waals surface area contributed by atoms with Gasteiger partial charge in [0.2, 0.25) is 5.91 Å². The number of methoxy groups -OCH3 is 1. The molecule has 0 aliphatic carbocycles. The number of amides is 4. The summed E-state index contributed by atoms with van der Waals surface area (Å²) in [6.07, 6.45) is -0.199. The Bertz CT molecular complexity index is 2030. The van der Waals surface area contributed by atoms with Crippen LogP contribution in [0.5, 0.6) is 11.5 Å². The van der Waals surface area contributed by atoms with Crippen LogP contribution in [-0.4, -0.2) is 101 Å². The fourth-order valence-electron chi connectivity index (χ4n) is 6.53. The van der Waals surface area contributed by atoms with Gasteiger partial charge >= 0.3 is 13.1 Å². The van der Waals surface area contributed by atoms with Gasteiger partial charge in [-0.1, -0.05) is 59.6 Å². The molecule has 0 spiro atoms. The zero-order valence-corrected chi connectivity index (χ0v) is 31.5. The summed E-state index contributed by atoms with van der Waals surface area (Å²) in [5.41, 5.74) is 2.64. The second kappa shape index (κ2) is 16.9. The molecule has 2 atom stereocenters. The lowest BCUT2D eigenvalue weighted by molar-refractivity contribution is -0.134. The Hall–Kier alpha value is -5.08. The SMILES string of the molecule is COc1ccc(C2=N[C@@H](c3ccc(Cl)cc3)[C@@H](c3ccc(Cl)cc3)N2C(=O)N2CCN(CCNC(=O)c3cccc(B(O)O)c3)C(=O)C2)c(OC(C)C)c1. The molecule has 0 aromatic heterocycles. The molecule has 2 aliphatic rings. The van der Waals surface area contributed by atoms with Crippen molar-refractivity contribution in [1.29, 1.82) is 0 Å². The lowest BCUT2D eigenvalue weighted by atomic mass is 9.79. The minimum atomic E-state index is -1.70. The van der Waals surface area contributed by atoms with E-state index in [1.807, 2.05) is 44.2 Å². The van der Waals surface area contributed by atoms with Crippen LogP contribution in [0.4, 0.5) is 4.79 Å². The molecule has 6 rings (SSSR count). The summed E-state index contributed by atoms with van der Waals surface area (Å²) >= 11 is 12.6. The molecule has 3 N–H and O–H groups in total. The lowest BCUT2D eigenvalue weighted by Crippen LogP contribution is -2.57. The second-order valence-corrected chi connectivity index (χ2v) is 14.1. The van der Waals surface area contributed by atoms with Crippen LogP contribution in [0.3, 0.4) is 0 Å². The number of nitrogens with one attached hydrogen (secondary N) is 1. The average molecular weight is 772 g/mol. The number of piperazine rings is 1. The standard InChI is InChI=1S/C39H40BCl2N5O7/c1-24(2)54-33-22-31(53-3)15-16-32(33)37-44-35(25-7-11-29(41)12-8-25)36(26-9-13-30(42)14-10-26)47(37)39(50)46-20-19-45(34(48)23-46)18-17-43-38(49)27-5-4-6-28(21-27)40(51)52/h4-16,21-22,24,35-36,51-52H,17-20,23H2,1-3H3,(H,43,49)/t35-,36+/m0/s1. The number of carbonyl (C=O) groups excluding carboxylic acids is 3. The fraction of sp³-hybridized carbons (Fsp3) is 0.282. The van der Waals surface area contributed by atoms with Gasteiger partial charge in [-0.3, -0.25) is 19.5 Å². The summed E-state index contributed by atoms with van der Waals surface area (Å²) in [6, 6.07) is 24.4. The van der Waals surface area contributed by atoms with E-state index < -0.39 is 31.1 Å². The molecule has 1 fully saturated rings. The molecule has 54 heavy (non-hydrogen) atoms. The van der Waals surface area contributed by atoms with Gasteiger partial charge in [-0.25, -0.2) is 4.79 Å². The van der Waals surface area contributed by atoms with Gasteiger partial charge in [0.25, 0.3) is 5.91 Å². The topological polar surface area (TPSA) is 144 Å². The normalized spacial score (nSPS) is 17.1. The van der Waals surface area contributed by atoms with E-state index in [1.54, 1.807) is 65.4 Å². The largest absolute Gasteiger partial charge is 0.497 e. The first-order chi connectivity index (χ1) is 25.9. The van der Waals surface area contributed by atoms with Crippen LogP contribution in [0.2, 0.25) is 10.0 Å². The molecule has 0 radical (unpaired) electrons. The number of nitrogens with zero attached hydrogens (tertiary/aromatic N) is 4. The molecule has 2 aliphatic heterocycles. The van der Waals surface area contributed by atoms with Gasteiger partial charge in [0.15, 0.2) is 0 Å². The summed E-state index contributed by atoms with van der Waals surface area (Å²) in [6.45, 7) is 4.48. The smallest absolute Gasteiger partial charge is 0.488 e. The van der Waals surface area contributed by atoms with E-state index >= 15 is 0 Å². The van der Waals surface area contributed by atoms with Crippen molar-refractivity contribution in [2.75, 3.05) is 39.8 Å². The minimum absolute atomic E-state index is 0.158. The molecule has 12 nitrogen and oxygen atoms in total. The third-order valence-electron chi connectivity index (χ3n) is 9.19. The quantitative estimate of drug-likeness (QED) is 0.188. The van der Waals surface area contributed by atoms with Crippen molar-refractivity contribution >= 4 is 59.5 Å². The molecule has 4 amide bonds. The number of hydrogen-bond donors (Lipinski definition) is 3. The number of aliphatic imine (C=N–C) groups is 1. The summed E-state index contributed by atoms with van der Waals surface area (Å²) in [4.78, 5) is 51.2. The number of carbonyl (C=O) groups is 3. The Labute approximate surface area is 324 Å². The van der Waals surface area contributed by atoms with E-state index in [-0.39, 0.29) is 55.8 Å². The van der Waals surface area contributed by atoms with Crippen LogP contribution in [0, 0.1) is 0 Å². The third-order valence-corrected chi connectivity index (χ3v) is 9.70. The van der Waals surface area contributed by atoms with E-state index in [9.17, 15) is 24.4 Å². The molecule has 4 aromatic carbocycles. The molecular weight excluding hydrogens is 732 g/mol. The maximum atomic E-state index is 14.9. The van der Waals surface area contributed by atoms with Gasteiger partial charge in [0.05, 0.1) is 24.8 Å². The maximum Gasteiger partial charge on any atom is 0.488 e. The van der Waals surface area contributed by atoms with Crippen molar-refractivity contribution in [3.8, 4) is 11.5 Å². The number of hydrogen-bond acceptors (Lipinski definition) is 8. The van der Waals surface area contributed by atoms with Gasteiger partial charge < -0.3 is 34.6 Å². The number of urea groups is 1. The number of amidine groups is 1. The summed E-state index contributed by atoms with van der Waals surface area (Å²) in [7, 11) is -0.133. The van der Waals surface area contributed by atoms with Crippen LogP contribution in [-0.2, 0) is 4.79 Å². The van der Waals surface area contributed by atoms with Crippen molar-refractivity contribution < 1.29 is 33.9 Å². The molecule has 2 heterocycles. The Morgan fingerprint density at radius 3 is 2.26 bits per heavy atom. The first-order valence-corrected chi connectivity index (χ1v) is 18.2. The van der Waals surface area contributed by atoms with Crippen LogP contribution in [0.1, 0.15) is 53.0 Å². The summed E-state index contributed by atoms with van der Waals surface area (Å²) in [5, 5.41) is 22.8. The highest BCUT2D eigenvalue weighted by atomic mass is 35.5. The van der Waals surface area contributed by atoms with Gasteiger partial charge in [-0.2, -0.15) is 0 Å². The molecule has 0 unspecified atom stereocenters. The third kappa shape index (κ3) is 8.66. The van der Waals surface area contributed by atoms with Crippen LogP contribution < -0.4 is 20.3 Å². The van der Waals surface area contributed by atoms with E-state index in [2.05, 4.69) is 5.32 Å². The Morgan fingerprint density at radius 2 is 1.63 bits per heavy atom. The van der Waals surface area contributed by atoms with Crippen molar-refractivity contribution in [2.24, 2.45) is 4.99 Å². The lowest BCUT2D eigenvalue weighted by Gasteiger charge is -2.38. The van der Waals surface area contributed by atoms with Crippen LogP contribution in [0.15, 0.2) is 96.0 Å². The van der Waals surface area contributed by atoms with Crippen molar-refractivity contribution in [2.45, 2.75) is 32.0 Å². The molecule has 280 valence electrons. The number of benzene rings is 4. The Kier molecular flexibility index (Phi) is 12.1. The molecule has 4 aromatic rings. The first-order valence-electron chi connectivity index (χ1n) is 17.5. The second-order valence-electron chi connectivity index (χ2n) is 13.2. The average Bonchev–Trinajstić information content (AvgIpc) is 3.55. The molecule has 0 bridgehead atoms. The number of ether oxygens (including phenoxy) is 2. The van der Waals surface area contributed by atoms with E-state index in [4.69, 9.17) is 37.7 Å². The highest BCUT2D eigenvalue weighted by molar-refractivity contribution is 6.58. The maximum absolute atomic E-state index is 14.9. The Balaban J connectivity index is 1.28. The predicted octanol–water partition coefficient (Wildman–Crippen LogP) is 4.71. The van der Waals surface area contributed by atoms with Crippen molar-refractivity contribution in [1.82, 2.24) is 20.0 Å². The summed E-state index contributed by atoms with van der Waals surface area (Å²) < 4.78 is 11.8. The van der Waals surface area contributed by atoms with E-state index in [0.29, 0.717) is 32.9 Å². The van der Waals surface area contributed by atoms with Crippen LogP contribution >= 0.6 is 23.2 Å². The molecular formula is C39H40BCl2N5O7. The van der Waals surface area contributed by atoms with Crippen molar-refractivity contribution in [3.63, 3.8) is 0 Å². The number of halogens is 2. The van der Waals surface area contributed by atoms with Gasteiger partial charge in [-0.05, 0) is 79.0 Å². The zero-order valence-electron chi connectivity index (χ0n) is 30.0. The number of rotatable bonds is 11. The highest BCUT2D eigenvalue weighted by Crippen LogP contribution is 2.46. The molecule has 1 saturated heterocycles. The highest BCUT2D eigenvalue weighted by Gasteiger charge is 2.45. The first kappa shape index (κ1) is 38.6. The van der Waals surface area contributed by atoms with Crippen LogP contribution in [0.25, 0.3) is 0 Å². The van der Waals surface area contributed by atoms with Gasteiger partial charge in [0.1, 0.15) is 29.9 Å². The van der Waals surface area contributed by atoms with E-state index in [0.717, 1.165) is 11.1 Å². The predicted molar refractivity (Wildman–Crippen MR) is 208 cm³/mol. The monoisotopic (exact) mass is 771 g/mol. The zero-order chi connectivity index (χ0) is 38.5. The molecule has 15 heteroatoms. The van der Waals surface area contributed by atoms with Gasteiger partial charge in [-0.15, -0.1) is 0 Å². The van der Waals surface area contributed by atoms with E-state index in [1.165, 1.54) is 17.0 Å². The molecule has 0 saturated carbocycles. The van der Waals surface area contributed by atoms with Crippen molar-refractivity contribution in [3.05, 3.63) is 123 Å². The Morgan fingerprint density at radius 1 is 0.944 bits per heavy atom. The fourth-order valence-corrected chi connectivity index (χ4v) is 6.78.